The maximum Gasteiger partial charge on any atom is 0.257 e. The van der Waals surface area contributed by atoms with Crippen molar-refractivity contribution < 1.29 is 13.6 Å². The highest BCUT2D eigenvalue weighted by molar-refractivity contribution is 5.95. The zero-order chi connectivity index (χ0) is 13.3. The summed E-state index contributed by atoms with van der Waals surface area (Å²) in [6, 6.07) is 3.41. The molecule has 0 N–H and O–H groups in total. The number of hydrogen-bond donors (Lipinski definition) is 0. The summed E-state index contributed by atoms with van der Waals surface area (Å²) in [7, 11) is 0. The van der Waals surface area contributed by atoms with E-state index < -0.39 is 23.6 Å². The van der Waals surface area contributed by atoms with Crippen molar-refractivity contribution in [2.45, 2.75) is 25.8 Å². The van der Waals surface area contributed by atoms with Gasteiger partial charge in [0, 0.05) is 12.6 Å². The minimum atomic E-state index is -0.883. The quantitative estimate of drug-likeness (QED) is 0.768. The third-order valence-corrected chi connectivity index (χ3v) is 3.14. The van der Waals surface area contributed by atoms with E-state index in [0.717, 1.165) is 6.42 Å². The fourth-order valence-corrected chi connectivity index (χ4v) is 2.12. The second kappa shape index (κ2) is 4.73. The molecule has 1 aromatic rings. The van der Waals surface area contributed by atoms with E-state index in [-0.39, 0.29) is 11.1 Å². The van der Waals surface area contributed by atoms with Crippen molar-refractivity contribution in [3.63, 3.8) is 0 Å². The van der Waals surface area contributed by atoms with Crippen LogP contribution in [0.2, 0.25) is 0 Å². The van der Waals surface area contributed by atoms with Crippen LogP contribution in [-0.2, 0) is 0 Å². The average Bonchev–Trinajstić information content (AvgIpc) is 2.81. The van der Waals surface area contributed by atoms with Crippen LogP contribution in [0.1, 0.15) is 28.8 Å². The van der Waals surface area contributed by atoms with Crippen LogP contribution in [0.15, 0.2) is 12.1 Å². The molecule has 3 nitrogen and oxygen atoms in total. The number of benzene rings is 1. The zero-order valence-electron chi connectivity index (χ0n) is 9.91. The van der Waals surface area contributed by atoms with E-state index in [1.807, 2.05) is 6.07 Å². The molecule has 1 atom stereocenters. The van der Waals surface area contributed by atoms with Gasteiger partial charge in [-0.25, -0.2) is 8.78 Å². The summed E-state index contributed by atoms with van der Waals surface area (Å²) in [6.45, 7) is 1.91. The van der Waals surface area contributed by atoms with Gasteiger partial charge in [-0.2, -0.15) is 5.26 Å². The Hall–Kier alpha value is -1.96. The van der Waals surface area contributed by atoms with E-state index >= 15 is 0 Å². The van der Waals surface area contributed by atoms with Crippen molar-refractivity contribution in [2.75, 3.05) is 6.54 Å². The number of aryl methyl sites for hydroxylation is 1. The van der Waals surface area contributed by atoms with Crippen molar-refractivity contribution in [3.8, 4) is 6.07 Å². The number of carbonyl (C=O) groups is 1. The molecule has 1 heterocycles. The highest BCUT2D eigenvalue weighted by Crippen LogP contribution is 2.22. The van der Waals surface area contributed by atoms with Gasteiger partial charge >= 0.3 is 0 Å². The number of carbonyl (C=O) groups excluding carboxylic acids is 1. The van der Waals surface area contributed by atoms with Crippen LogP contribution in [0, 0.1) is 29.9 Å². The Kier molecular flexibility index (Phi) is 3.28. The number of hydrogen-bond acceptors (Lipinski definition) is 2. The molecule has 1 aliphatic heterocycles. The Morgan fingerprint density at radius 3 is 2.83 bits per heavy atom. The van der Waals surface area contributed by atoms with Crippen molar-refractivity contribution in [1.29, 1.82) is 5.26 Å². The molecule has 1 saturated heterocycles. The van der Waals surface area contributed by atoms with Gasteiger partial charge in [-0.05, 0) is 31.4 Å². The summed E-state index contributed by atoms with van der Waals surface area (Å²) in [4.78, 5) is 13.5. The molecule has 18 heavy (non-hydrogen) atoms. The van der Waals surface area contributed by atoms with E-state index in [1.54, 1.807) is 0 Å². The summed E-state index contributed by atoms with van der Waals surface area (Å²) in [6.07, 6.45) is 1.33. The van der Waals surface area contributed by atoms with Crippen LogP contribution < -0.4 is 0 Å². The largest absolute Gasteiger partial charge is 0.323 e. The van der Waals surface area contributed by atoms with E-state index in [1.165, 1.54) is 17.9 Å². The molecule has 5 heteroatoms. The van der Waals surface area contributed by atoms with Gasteiger partial charge in [0.15, 0.2) is 0 Å². The molecule has 0 spiro atoms. The third-order valence-electron chi connectivity index (χ3n) is 3.14. The number of nitrogens with zero attached hydrogens (tertiary/aromatic N) is 2. The maximum atomic E-state index is 13.6. The molecule has 0 bridgehead atoms. The van der Waals surface area contributed by atoms with Crippen LogP contribution >= 0.6 is 0 Å². The number of rotatable bonds is 1. The smallest absolute Gasteiger partial charge is 0.257 e. The van der Waals surface area contributed by atoms with Gasteiger partial charge in [0.05, 0.1) is 11.6 Å². The van der Waals surface area contributed by atoms with Gasteiger partial charge in [-0.1, -0.05) is 0 Å². The maximum absolute atomic E-state index is 13.6. The number of likely N-dealkylation sites (tertiary alicyclic amines) is 1. The highest BCUT2D eigenvalue weighted by atomic mass is 19.1. The number of nitriles is 1. The Morgan fingerprint density at radius 2 is 2.17 bits per heavy atom. The lowest BCUT2D eigenvalue weighted by atomic mass is 10.1. The minimum Gasteiger partial charge on any atom is -0.323 e. The first-order valence-electron chi connectivity index (χ1n) is 5.71. The molecule has 0 aliphatic carbocycles. The van der Waals surface area contributed by atoms with Gasteiger partial charge < -0.3 is 4.90 Å². The molecule has 0 radical (unpaired) electrons. The Bertz CT molecular complexity index is 537. The SMILES string of the molecule is Cc1cc(C(=O)N2CCCC2C#N)c(F)cc1F. The van der Waals surface area contributed by atoms with E-state index in [9.17, 15) is 13.6 Å². The lowest BCUT2D eigenvalue weighted by Gasteiger charge is -2.20. The first kappa shape index (κ1) is 12.5. The fraction of sp³-hybridized carbons (Fsp3) is 0.385. The van der Waals surface area contributed by atoms with Crippen LogP contribution in [0.5, 0.6) is 0 Å². The first-order chi connectivity index (χ1) is 8.54. The van der Waals surface area contributed by atoms with E-state index in [4.69, 9.17) is 5.26 Å². The van der Waals surface area contributed by atoms with E-state index in [2.05, 4.69) is 0 Å². The predicted molar refractivity (Wildman–Crippen MR) is 60.8 cm³/mol. The second-order valence-electron chi connectivity index (χ2n) is 4.37. The molecule has 1 aromatic carbocycles. The predicted octanol–water partition coefficient (Wildman–Crippen LogP) is 2.40. The number of amides is 1. The minimum absolute atomic E-state index is 0.170. The van der Waals surface area contributed by atoms with Gasteiger partial charge in [-0.15, -0.1) is 0 Å². The zero-order valence-corrected chi connectivity index (χ0v) is 9.91. The molecule has 94 valence electrons. The Balaban J connectivity index is 2.35. The Morgan fingerprint density at radius 1 is 1.44 bits per heavy atom. The second-order valence-corrected chi connectivity index (χ2v) is 4.37. The van der Waals surface area contributed by atoms with Crippen LogP contribution in [0.4, 0.5) is 8.78 Å². The van der Waals surface area contributed by atoms with Crippen LogP contribution in [-0.4, -0.2) is 23.4 Å². The molecule has 1 amide bonds. The molecule has 1 aliphatic rings. The van der Waals surface area contributed by atoms with E-state index in [0.29, 0.717) is 19.0 Å². The van der Waals surface area contributed by atoms with Crippen molar-refractivity contribution in [1.82, 2.24) is 4.90 Å². The third kappa shape index (κ3) is 2.06. The van der Waals surface area contributed by atoms with Gasteiger partial charge in [0.2, 0.25) is 0 Å². The van der Waals surface area contributed by atoms with Gasteiger partial charge in [0.1, 0.15) is 17.7 Å². The lowest BCUT2D eigenvalue weighted by molar-refractivity contribution is 0.0760. The lowest BCUT2D eigenvalue weighted by Crippen LogP contribution is -2.35. The molecule has 1 fully saturated rings. The van der Waals surface area contributed by atoms with Crippen LogP contribution in [0.25, 0.3) is 0 Å². The molecule has 0 aromatic heterocycles. The summed E-state index contributed by atoms with van der Waals surface area (Å²) in [5, 5.41) is 8.90. The molecule has 1 unspecified atom stereocenters. The normalized spacial score (nSPS) is 18.8. The number of halogens is 2. The molecular weight excluding hydrogens is 238 g/mol. The first-order valence-corrected chi connectivity index (χ1v) is 5.71. The van der Waals surface area contributed by atoms with Crippen molar-refractivity contribution in [2.24, 2.45) is 0 Å². The highest BCUT2D eigenvalue weighted by Gasteiger charge is 2.30. The van der Waals surface area contributed by atoms with Gasteiger partial charge in [-0.3, -0.25) is 4.79 Å². The fourth-order valence-electron chi connectivity index (χ4n) is 2.12. The summed E-state index contributed by atoms with van der Waals surface area (Å²) in [5.41, 5.74) is 0.0449. The van der Waals surface area contributed by atoms with Crippen molar-refractivity contribution in [3.05, 3.63) is 34.9 Å². The standard InChI is InChI=1S/C13H12F2N2O/c1-8-5-10(12(15)6-11(8)14)13(18)17-4-2-3-9(17)7-16/h5-6,9H,2-4H2,1H3. The molecule has 2 rings (SSSR count). The Labute approximate surface area is 104 Å². The monoisotopic (exact) mass is 250 g/mol. The summed E-state index contributed by atoms with van der Waals surface area (Å²) < 4.78 is 26.7. The average molecular weight is 250 g/mol. The van der Waals surface area contributed by atoms with Gasteiger partial charge in [0.25, 0.3) is 5.91 Å². The topological polar surface area (TPSA) is 44.1 Å². The van der Waals surface area contributed by atoms with Crippen molar-refractivity contribution >= 4 is 5.91 Å². The molecular formula is C13H12F2N2O. The van der Waals surface area contributed by atoms with Crippen LogP contribution in [0.3, 0.4) is 0 Å². The summed E-state index contributed by atoms with van der Waals surface area (Å²) in [5.74, 6) is -2.10. The molecule has 0 saturated carbocycles. The summed E-state index contributed by atoms with van der Waals surface area (Å²) >= 11 is 0.